The zero-order valence-corrected chi connectivity index (χ0v) is 16.2. The molecule has 0 aliphatic carbocycles. The Morgan fingerprint density at radius 2 is 2.00 bits per heavy atom. The van der Waals surface area contributed by atoms with E-state index < -0.39 is 0 Å². The number of rotatable bonds is 7. The van der Waals surface area contributed by atoms with E-state index in [2.05, 4.69) is 38.0 Å². The minimum absolute atomic E-state index is 0.392. The van der Waals surface area contributed by atoms with Gasteiger partial charge in [-0.15, -0.1) is 10.2 Å². The van der Waals surface area contributed by atoms with Gasteiger partial charge < -0.3 is 9.98 Å². The standard InChI is InChI=1S/C22H21N7/c1-16-26-27-22-9-8-19-21(29(16)22)14-20(18(24)10-13-25-12-5-11-23)28(19)15-17-6-3-2-4-7-17/h2-4,6-9,13-14,24H,5,10,12,15H2,1H3. The van der Waals surface area contributed by atoms with Gasteiger partial charge in [-0.25, -0.2) is 0 Å². The third-order valence-electron chi connectivity index (χ3n) is 4.87. The summed E-state index contributed by atoms with van der Waals surface area (Å²) < 4.78 is 4.18. The van der Waals surface area contributed by atoms with Crippen molar-refractivity contribution in [2.24, 2.45) is 4.99 Å². The Kier molecular flexibility index (Phi) is 5.16. The fraction of sp³-hybridized carbons (Fsp3) is 0.227. The predicted molar refractivity (Wildman–Crippen MR) is 114 cm³/mol. The molecule has 0 saturated heterocycles. The topological polar surface area (TPSA) is 95.1 Å². The molecule has 1 aromatic carbocycles. The maximum atomic E-state index is 8.66. The van der Waals surface area contributed by atoms with Gasteiger partial charge in [0.15, 0.2) is 5.65 Å². The van der Waals surface area contributed by atoms with Gasteiger partial charge in [0.1, 0.15) is 5.82 Å². The van der Waals surface area contributed by atoms with E-state index >= 15 is 0 Å². The van der Waals surface area contributed by atoms with Crippen molar-refractivity contribution in [1.82, 2.24) is 19.2 Å². The fourth-order valence-corrected chi connectivity index (χ4v) is 3.49. The Balaban J connectivity index is 1.78. The second-order valence-electron chi connectivity index (χ2n) is 6.83. The van der Waals surface area contributed by atoms with E-state index in [1.165, 1.54) is 5.56 Å². The highest BCUT2D eigenvalue weighted by Crippen LogP contribution is 2.24. The van der Waals surface area contributed by atoms with Crippen LogP contribution in [0.4, 0.5) is 0 Å². The normalized spacial score (nSPS) is 11.4. The van der Waals surface area contributed by atoms with Crippen molar-refractivity contribution < 1.29 is 0 Å². The lowest BCUT2D eigenvalue weighted by Gasteiger charge is -2.11. The van der Waals surface area contributed by atoms with E-state index in [0.717, 1.165) is 28.2 Å². The average Bonchev–Trinajstić information content (AvgIpc) is 3.29. The summed E-state index contributed by atoms with van der Waals surface area (Å²) >= 11 is 0. The molecular weight excluding hydrogens is 362 g/mol. The smallest absolute Gasteiger partial charge is 0.161 e. The third kappa shape index (κ3) is 3.65. The fourth-order valence-electron chi connectivity index (χ4n) is 3.49. The van der Waals surface area contributed by atoms with E-state index in [-0.39, 0.29) is 0 Å². The summed E-state index contributed by atoms with van der Waals surface area (Å²) in [6, 6.07) is 18.3. The molecule has 0 atom stereocenters. The van der Waals surface area contributed by atoms with E-state index in [1.807, 2.05) is 47.7 Å². The van der Waals surface area contributed by atoms with Crippen LogP contribution in [0.25, 0.3) is 16.7 Å². The van der Waals surface area contributed by atoms with Crippen LogP contribution in [0.15, 0.2) is 53.5 Å². The van der Waals surface area contributed by atoms with Crippen LogP contribution < -0.4 is 0 Å². The van der Waals surface area contributed by atoms with Crippen molar-refractivity contribution in [3.05, 3.63) is 65.6 Å². The molecule has 0 radical (unpaired) electrons. The van der Waals surface area contributed by atoms with Crippen LogP contribution in [0.3, 0.4) is 0 Å². The van der Waals surface area contributed by atoms with Gasteiger partial charge in [0, 0.05) is 19.2 Å². The lowest BCUT2D eigenvalue weighted by Crippen LogP contribution is -2.10. The van der Waals surface area contributed by atoms with Gasteiger partial charge in [-0.3, -0.25) is 9.39 Å². The van der Waals surface area contributed by atoms with Crippen molar-refractivity contribution in [3.63, 3.8) is 0 Å². The molecule has 0 bridgehead atoms. The molecule has 0 spiro atoms. The second-order valence-corrected chi connectivity index (χ2v) is 6.83. The minimum atomic E-state index is 0.392. The van der Waals surface area contributed by atoms with Crippen LogP contribution in [0.5, 0.6) is 0 Å². The number of aromatic nitrogens is 4. The molecule has 0 unspecified atom stereocenters. The molecule has 7 heteroatoms. The summed E-state index contributed by atoms with van der Waals surface area (Å²) in [5, 5.41) is 25.7. The van der Waals surface area contributed by atoms with Gasteiger partial charge in [0.05, 0.1) is 41.5 Å². The predicted octanol–water partition coefficient (Wildman–Crippen LogP) is 3.78. The minimum Gasteiger partial charge on any atom is -0.334 e. The summed E-state index contributed by atoms with van der Waals surface area (Å²) in [4.78, 5) is 4.23. The average molecular weight is 383 g/mol. The zero-order chi connectivity index (χ0) is 20.2. The molecule has 0 aliphatic heterocycles. The van der Waals surface area contributed by atoms with Crippen LogP contribution in [0.1, 0.15) is 29.9 Å². The highest BCUT2D eigenvalue weighted by atomic mass is 15.2. The number of benzene rings is 1. The van der Waals surface area contributed by atoms with Crippen LogP contribution in [-0.4, -0.2) is 37.6 Å². The lowest BCUT2D eigenvalue weighted by atomic mass is 10.2. The Hall–Kier alpha value is -3.79. The van der Waals surface area contributed by atoms with E-state index in [0.29, 0.717) is 31.6 Å². The van der Waals surface area contributed by atoms with Crippen molar-refractivity contribution in [2.45, 2.75) is 26.3 Å². The number of fused-ring (bicyclic) bond motifs is 3. The Labute approximate surface area is 168 Å². The summed E-state index contributed by atoms with van der Waals surface area (Å²) in [7, 11) is 0. The SMILES string of the molecule is Cc1nnc2ccc3c(cc(C(=N)CC=NCCC#N)n3Cc3ccccc3)n12. The molecule has 3 aromatic heterocycles. The first-order chi connectivity index (χ1) is 14.2. The van der Waals surface area contributed by atoms with Crippen molar-refractivity contribution in [1.29, 1.82) is 10.7 Å². The van der Waals surface area contributed by atoms with Crippen molar-refractivity contribution in [3.8, 4) is 6.07 Å². The molecule has 4 aromatic rings. The van der Waals surface area contributed by atoms with Crippen molar-refractivity contribution in [2.75, 3.05) is 6.54 Å². The molecule has 7 nitrogen and oxygen atoms in total. The summed E-state index contributed by atoms with van der Waals surface area (Å²) in [6.45, 7) is 3.07. The number of nitriles is 1. The lowest BCUT2D eigenvalue weighted by molar-refractivity contribution is 0.825. The van der Waals surface area contributed by atoms with Gasteiger partial charge in [0.2, 0.25) is 0 Å². The number of nitrogens with one attached hydrogen (secondary N) is 1. The number of aliphatic imine (C=N–C) groups is 1. The Morgan fingerprint density at radius 3 is 2.79 bits per heavy atom. The van der Waals surface area contributed by atoms with Crippen LogP contribution in [-0.2, 0) is 6.54 Å². The number of hydrogen-bond acceptors (Lipinski definition) is 5. The molecule has 0 amide bonds. The van der Waals surface area contributed by atoms with E-state index in [4.69, 9.17) is 10.7 Å². The summed E-state index contributed by atoms with van der Waals surface area (Å²) in [5.41, 5.74) is 5.31. The Morgan fingerprint density at radius 1 is 1.17 bits per heavy atom. The summed E-state index contributed by atoms with van der Waals surface area (Å²) in [5.74, 6) is 0.818. The van der Waals surface area contributed by atoms with E-state index in [9.17, 15) is 0 Å². The third-order valence-corrected chi connectivity index (χ3v) is 4.87. The molecule has 4 rings (SSSR count). The van der Waals surface area contributed by atoms with Gasteiger partial charge in [0.25, 0.3) is 0 Å². The van der Waals surface area contributed by atoms with Crippen LogP contribution in [0.2, 0.25) is 0 Å². The van der Waals surface area contributed by atoms with Gasteiger partial charge >= 0.3 is 0 Å². The van der Waals surface area contributed by atoms with Gasteiger partial charge in [-0.2, -0.15) is 5.26 Å². The second kappa shape index (κ2) is 8.07. The highest BCUT2D eigenvalue weighted by molar-refractivity contribution is 6.07. The maximum absolute atomic E-state index is 8.66. The molecular formula is C22H21N7. The number of hydrogen-bond donors (Lipinski definition) is 1. The molecule has 3 heterocycles. The number of pyridine rings is 1. The largest absolute Gasteiger partial charge is 0.334 e. The molecule has 0 fully saturated rings. The summed E-state index contributed by atoms with van der Waals surface area (Å²) in [6.07, 6.45) is 2.54. The molecule has 144 valence electrons. The van der Waals surface area contributed by atoms with Crippen molar-refractivity contribution >= 4 is 28.6 Å². The first-order valence-electron chi connectivity index (χ1n) is 9.50. The maximum Gasteiger partial charge on any atom is 0.161 e. The van der Waals surface area contributed by atoms with Gasteiger partial charge in [-0.1, -0.05) is 30.3 Å². The Bertz CT molecular complexity index is 1240. The number of aryl methyl sites for hydroxylation is 1. The molecule has 29 heavy (non-hydrogen) atoms. The first-order valence-corrected chi connectivity index (χ1v) is 9.50. The van der Waals surface area contributed by atoms with E-state index in [1.54, 1.807) is 6.21 Å². The molecule has 0 aliphatic rings. The van der Waals surface area contributed by atoms with Crippen LogP contribution >= 0.6 is 0 Å². The molecule has 1 N–H and O–H groups in total. The van der Waals surface area contributed by atoms with Gasteiger partial charge in [-0.05, 0) is 30.7 Å². The highest BCUT2D eigenvalue weighted by Gasteiger charge is 2.16. The van der Waals surface area contributed by atoms with Crippen LogP contribution in [0, 0.1) is 23.7 Å². The molecule has 0 saturated carbocycles. The quantitative estimate of drug-likeness (QED) is 0.388. The number of nitrogens with zero attached hydrogens (tertiary/aromatic N) is 6. The first kappa shape index (κ1) is 18.6. The monoisotopic (exact) mass is 383 g/mol. The zero-order valence-electron chi connectivity index (χ0n) is 16.2.